The van der Waals surface area contributed by atoms with E-state index in [1.807, 2.05) is 38.4 Å². The first-order valence-corrected chi connectivity index (χ1v) is 9.39. The van der Waals surface area contributed by atoms with Gasteiger partial charge in [0.25, 0.3) is 5.91 Å². The Labute approximate surface area is 174 Å². The van der Waals surface area contributed by atoms with Gasteiger partial charge in [-0.1, -0.05) is 46.9 Å². The van der Waals surface area contributed by atoms with E-state index in [-0.39, 0.29) is 12.5 Å². The van der Waals surface area contributed by atoms with Gasteiger partial charge in [-0.2, -0.15) is 0 Å². The lowest BCUT2D eigenvalue weighted by molar-refractivity contribution is -0.123. The lowest BCUT2D eigenvalue weighted by Crippen LogP contribution is -2.28. The Kier molecular flexibility index (Phi) is 8.51. The molecule has 1 N–H and O–H groups in total. The second-order valence-corrected chi connectivity index (χ2v) is 7.28. The van der Waals surface area contributed by atoms with E-state index in [1.165, 1.54) is 12.1 Å². The van der Waals surface area contributed by atoms with E-state index >= 15 is 0 Å². The van der Waals surface area contributed by atoms with Crippen LogP contribution in [-0.2, 0) is 11.3 Å². The summed E-state index contributed by atoms with van der Waals surface area (Å²) in [6.45, 7) is 1.68. The molecule has 5 nitrogen and oxygen atoms in total. The molecule has 0 heterocycles. The van der Waals surface area contributed by atoms with Crippen molar-refractivity contribution in [3.63, 3.8) is 0 Å². The summed E-state index contributed by atoms with van der Waals surface area (Å²) >= 11 is 17.8. The average molecular weight is 432 g/mol. The number of likely N-dealkylation sites (N-methyl/N-ethyl adjacent to an activating group) is 1. The molecule has 0 aliphatic rings. The number of halogens is 3. The topological polar surface area (TPSA) is 50.8 Å². The highest BCUT2D eigenvalue weighted by Gasteiger charge is 2.09. The molecule has 0 aromatic heterocycles. The smallest absolute Gasteiger partial charge is 0.258 e. The molecule has 146 valence electrons. The summed E-state index contributed by atoms with van der Waals surface area (Å²) in [6.07, 6.45) is 0. The normalized spacial score (nSPS) is 10.7. The molecular weight excluding hydrogens is 411 g/mol. The van der Waals surface area contributed by atoms with Crippen molar-refractivity contribution in [3.8, 4) is 11.5 Å². The molecule has 0 atom stereocenters. The van der Waals surface area contributed by atoms with Crippen molar-refractivity contribution in [3.05, 3.63) is 57.0 Å². The number of hydrogen-bond donors (Lipinski definition) is 1. The van der Waals surface area contributed by atoms with Crippen molar-refractivity contribution in [2.45, 2.75) is 6.54 Å². The molecule has 0 aliphatic carbocycles. The Bertz CT molecular complexity index is 768. The first kappa shape index (κ1) is 21.6. The van der Waals surface area contributed by atoms with Crippen LogP contribution in [0.4, 0.5) is 0 Å². The number of rotatable bonds is 9. The zero-order valence-electron chi connectivity index (χ0n) is 15.1. The number of nitrogens with one attached hydrogen (secondary N) is 1. The molecule has 2 aromatic rings. The minimum Gasteiger partial charge on any atom is -0.492 e. The lowest BCUT2D eigenvalue weighted by Gasteiger charge is -2.12. The van der Waals surface area contributed by atoms with Gasteiger partial charge in [-0.25, -0.2) is 0 Å². The number of ether oxygens (including phenoxy) is 2. The molecule has 0 spiro atoms. The first-order valence-electron chi connectivity index (χ1n) is 8.25. The van der Waals surface area contributed by atoms with Crippen molar-refractivity contribution in [2.24, 2.45) is 0 Å². The van der Waals surface area contributed by atoms with Crippen LogP contribution in [0.2, 0.25) is 15.1 Å². The van der Waals surface area contributed by atoms with Gasteiger partial charge in [0.15, 0.2) is 6.61 Å². The van der Waals surface area contributed by atoms with Gasteiger partial charge in [-0.3, -0.25) is 4.79 Å². The van der Waals surface area contributed by atoms with E-state index in [1.54, 1.807) is 0 Å². The van der Waals surface area contributed by atoms with Crippen LogP contribution in [0, 0.1) is 0 Å². The van der Waals surface area contributed by atoms with Crippen LogP contribution in [0.3, 0.4) is 0 Å². The highest BCUT2D eigenvalue weighted by atomic mass is 35.5. The molecule has 1 amide bonds. The average Bonchev–Trinajstić information content (AvgIpc) is 2.62. The van der Waals surface area contributed by atoms with Gasteiger partial charge in [0.05, 0.1) is 15.1 Å². The standard InChI is InChI=1S/C19H21Cl3N2O3/c1-24(2)7-8-26-14-5-3-13(4-6-14)11-23-19(25)12-27-18-10-16(21)15(20)9-17(18)22/h3-6,9-10H,7-8,11-12H2,1-2H3,(H,23,25). The summed E-state index contributed by atoms with van der Waals surface area (Å²) in [5.41, 5.74) is 0.955. The Balaban J connectivity index is 1.76. The Morgan fingerprint density at radius 3 is 2.33 bits per heavy atom. The lowest BCUT2D eigenvalue weighted by atomic mass is 10.2. The van der Waals surface area contributed by atoms with Crippen LogP contribution < -0.4 is 14.8 Å². The maximum absolute atomic E-state index is 12.0. The quantitative estimate of drug-likeness (QED) is 0.602. The van der Waals surface area contributed by atoms with E-state index in [9.17, 15) is 4.79 Å². The molecule has 0 unspecified atom stereocenters. The van der Waals surface area contributed by atoms with Gasteiger partial charge in [-0.05, 0) is 37.9 Å². The van der Waals surface area contributed by atoms with Gasteiger partial charge in [0.1, 0.15) is 18.1 Å². The van der Waals surface area contributed by atoms with Crippen molar-refractivity contribution < 1.29 is 14.3 Å². The van der Waals surface area contributed by atoms with Crippen LogP contribution in [0.15, 0.2) is 36.4 Å². The zero-order chi connectivity index (χ0) is 19.8. The van der Waals surface area contributed by atoms with Gasteiger partial charge in [0.2, 0.25) is 0 Å². The van der Waals surface area contributed by atoms with E-state index in [0.29, 0.717) is 34.0 Å². The molecule has 0 saturated carbocycles. The minimum absolute atomic E-state index is 0.177. The molecule has 27 heavy (non-hydrogen) atoms. The van der Waals surface area contributed by atoms with Crippen LogP contribution in [0.1, 0.15) is 5.56 Å². The molecule has 2 aromatic carbocycles. The van der Waals surface area contributed by atoms with E-state index in [0.717, 1.165) is 17.9 Å². The number of carbonyl (C=O) groups is 1. The van der Waals surface area contributed by atoms with Crippen LogP contribution >= 0.6 is 34.8 Å². The highest BCUT2D eigenvalue weighted by Crippen LogP contribution is 2.33. The van der Waals surface area contributed by atoms with E-state index in [4.69, 9.17) is 44.3 Å². The fourth-order valence-corrected chi connectivity index (χ4v) is 2.65. The van der Waals surface area contributed by atoms with Crippen LogP contribution in [0.25, 0.3) is 0 Å². The molecular formula is C19H21Cl3N2O3. The number of nitrogens with zero attached hydrogens (tertiary/aromatic N) is 1. The second-order valence-electron chi connectivity index (χ2n) is 6.06. The van der Waals surface area contributed by atoms with Crippen LogP contribution in [0.5, 0.6) is 11.5 Å². The maximum Gasteiger partial charge on any atom is 0.258 e. The molecule has 0 aliphatic heterocycles. The summed E-state index contributed by atoms with van der Waals surface area (Å²) in [5, 5.41) is 3.71. The monoisotopic (exact) mass is 430 g/mol. The largest absolute Gasteiger partial charge is 0.492 e. The van der Waals surface area contributed by atoms with Gasteiger partial charge in [-0.15, -0.1) is 0 Å². The summed E-state index contributed by atoms with van der Waals surface area (Å²) < 4.78 is 11.0. The summed E-state index contributed by atoms with van der Waals surface area (Å²) in [4.78, 5) is 14.0. The van der Waals surface area contributed by atoms with Crippen molar-refractivity contribution >= 4 is 40.7 Å². The third-order valence-corrected chi connectivity index (χ3v) is 4.57. The van der Waals surface area contributed by atoms with Gasteiger partial charge < -0.3 is 19.7 Å². The number of benzene rings is 2. The third-order valence-electron chi connectivity index (χ3n) is 3.55. The summed E-state index contributed by atoms with van der Waals surface area (Å²) in [7, 11) is 3.99. The number of hydrogen-bond acceptors (Lipinski definition) is 4. The van der Waals surface area contributed by atoms with E-state index < -0.39 is 0 Å². The minimum atomic E-state index is -0.275. The molecule has 0 radical (unpaired) electrons. The maximum atomic E-state index is 12.0. The number of amides is 1. The first-order chi connectivity index (χ1) is 12.8. The number of carbonyl (C=O) groups excluding carboxylic acids is 1. The predicted molar refractivity (Wildman–Crippen MR) is 109 cm³/mol. The Morgan fingerprint density at radius 2 is 1.67 bits per heavy atom. The van der Waals surface area contributed by atoms with Crippen molar-refractivity contribution in [2.75, 3.05) is 33.9 Å². The predicted octanol–water partition coefficient (Wildman–Crippen LogP) is 4.28. The fraction of sp³-hybridized carbons (Fsp3) is 0.316. The highest BCUT2D eigenvalue weighted by molar-refractivity contribution is 6.43. The third kappa shape index (κ3) is 7.46. The van der Waals surface area contributed by atoms with Gasteiger partial charge >= 0.3 is 0 Å². The molecule has 0 saturated heterocycles. The molecule has 2 rings (SSSR count). The second kappa shape index (κ2) is 10.6. The Morgan fingerprint density at radius 1 is 1.00 bits per heavy atom. The molecule has 0 fully saturated rings. The van der Waals surface area contributed by atoms with Crippen molar-refractivity contribution in [1.82, 2.24) is 10.2 Å². The summed E-state index contributed by atoms with van der Waals surface area (Å²) in [6, 6.07) is 10.5. The fourth-order valence-electron chi connectivity index (χ4n) is 2.06. The SMILES string of the molecule is CN(C)CCOc1ccc(CNC(=O)COc2cc(Cl)c(Cl)cc2Cl)cc1. The van der Waals surface area contributed by atoms with Crippen molar-refractivity contribution in [1.29, 1.82) is 0 Å². The zero-order valence-corrected chi connectivity index (χ0v) is 17.4. The van der Waals surface area contributed by atoms with E-state index in [2.05, 4.69) is 10.2 Å². The van der Waals surface area contributed by atoms with Crippen LogP contribution in [-0.4, -0.2) is 44.7 Å². The van der Waals surface area contributed by atoms with Gasteiger partial charge in [0, 0.05) is 19.2 Å². The summed E-state index contributed by atoms with van der Waals surface area (Å²) in [5.74, 6) is 0.827. The molecule has 8 heteroatoms. The molecule has 0 bridgehead atoms. The Hall–Kier alpha value is -1.66.